The van der Waals surface area contributed by atoms with Gasteiger partial charge in [0, 0.05) is 29.8 Å². The molecule has 2 heterocycles. The number of nitrogens with zero attached hydrogens (tertiary/aromatic N) is 2. The summed E-state index contributed by atoms with van der Waals surface area (Å²) in [4.78, 5) is 16.8. The molecule has 1 aliphatic heterocycles. The molecular weight excluding hydrogens is 398 g/mol. The van der Waals surface area contributed by atoms with E-state index >= 15 is 0 Å². The molecular formula is C20H16ClN3O3S. The van der Waals surface area contributed by atoms with Crippen LogP contribution in [0, 0.1) is 0 Å². The molecule has 0 bridgehead atoms. The van der Waals surface area contributed by atoms with E-state index in [9.17, 15) is 9.00 Å². The molecule has 1 unspecified atom stereocenters. The molecule has 1 N–H and O–H groups in total. The van der Waals surface area contributed by atoms with Crippen LogP contribution in [0.2, 0.25) is 5.02 Å². The first-order valence-corrected chi connectivity index (χ1v) is 9.98. The van der Waals surface area contributed by atoms with Crippen LogP contribution in [0.5, 0.6) is 11.6 Å². The van der Waals surface area contributed by atoms with Crippen molar-refractivity contribution in [3.63, 3.8) is 0 Å². The normalized spacial score (nSPS) is 15.2. The molecule has 1 aliphatic rings. The van der Waals surface area contributed by atoms with Crippen LogP contribution in [0.15, 0.2) is 65.6 Å². The number of rotatable bonds is 4. The van der Waals surface area contributed by atoms with Gasteiger partial charge in [-0.1, -0.05) is 29.8 Å². The van der Waals surface area contributed by atoms with Crippen LogP contribution in [-0.2, 0) is 22.3 Å². The Labute approximate surface area is 169 Å². The first kappa shape index (κ1) is 18.5. The number of aromatic nitrogens is 1. The maximum absolute atomic E-state index is 12.9. The summed E-state index contributed by atoms with van der Waals surface area (Å²) in [7, 11) is -1.38. The van der Waals surface area contributed by atoms with E-state index in [4.69, 9.17) is 16.3 Å². The second-order valence-corrected chi connectivity index (χ2v) is 8.00. The Hall–Kier alpha value is -2.90. The van der Waals surface area contributed by atoms with Crippen LogP contribution in [0.4, 0.5) is 11.5 Å². The number of anilines is 2. The molecule has 142 valence electrons. The minimum Gasteiger partial charge on any atom is -0.439 e. The Balaban J connectivity index is 1.69. The summed E-state index contributed by atoms with van der Waals surface area (Å²) in [5.74, 6) is 1.05. The predicted molar refractivity (Wildman–Crippen MR) is 109 cm³/mol. The number of ether oxygens (including phenoxy) is 1. The highest BCUT2D eigenvalue weighted by atomic mass is 35.5. The van der Waals surface area contributed by atoms with Gasteiger partial charge < -0.3 is 10.1 Å². The van der Waals surface area contributed by atoms with Gasteiger partial charge in [0.2, 0.25) is 11.8 Å². The van der Waals surface area contributed by atoms with Gasteiger partial charge in [0.25, 0.3) is 0 Å². The first-order valence-electron chi connectivity index (χ1n) is 8.50. The third-order valence-electron chi connectivity index (χ3n) is 4.08. The topological polar surface area (TPSA) is 71.5 Å². The van der Waals surface area contributed by atoms with E-state index in [-0.39, 0.29) is 11.8 Å². The number of fused-ring (bicyclic) bond motifs is 1. The van der Waals surface area contributed by atoms with Crippen LogP contribution in [0.1, 0.15) is 12.5 Å². The van der Waals surface area contributed by atoms with Crippen molar-refractivity contribution >= 4 is 40.0 Å². The fourth-order valence-electron chi connectivity index (χ4n) is 2.87. The maximum atomic E-state index is 12.9. The van der Waals surface area contributed by atoms with Crippen molar-refractivity contribution in [2.45, 2.75) is 18.4 Å². The van der Waals surface area contributed by atoms with Gasteiger partial charge in [-0.05, 0) is 35.9 Å². The standard InChI is InChI=1S/C20H16ClN3O3S/c1-13(25)22-16-10-19(24-12-14-4-2-3-5-18(14)28(24)26)23-20(11-16)27-17-8-6-15(21)7-9-17/h2-11H,12H2,1H3,(H,22,23,25). The minimum atomic E-state index is -1.38. The van der Waals surface area contributed by atoms with Crippen molar-refractivity contribution < 1.29 is 13.7 Å². The van der Waals surface area contributed by atoms with E-state index in [1.807, 2.05) is 24.3 Å². The summed E-state index contributed by atoms with van der Waals surface area (Å²) in [5, 5.41) is 3.33. The number of carbonyl (C=O) groups is 1. The molecule has 3 aromatic rings. The SMILES string of the molecule is CC(=O)Nc1cc(Oc2ccc(Cl)cc2)nc(N2Cc3ccccc3S2=O)c1. The van der Waals surface area contributed by atoms with Crippen LogP contribution in [-0.4, -0.2) is 15.1 Å². The number of hydrogen-bond donors (Lipinski definition) is 1. The lowest BCUT2D eigenvalue weighted by Gasteiger charge is -2.17. The summed E-state index contributed by atoms with van der Waals surface area (Å²) in [6, 6.07) is 17.7. The van der Waals surface area contributed by atoms with Gasteiger partial charge in [0.15, 0.2) is 11.0 Å². The second kappa shape index (κ2) is 7.61. The second-order valence-electron chi connectivity index (χ2n) is 6.18. The highest BCUT2D eigenvalue weighted by Gasteiger charge is 2.28. The van der Waals surface area contributed by atoms with E-state index in [2.05, 4.69) is 10.3 Å². The summed E-state index contributed by atoms with van der Waals surface area (Å²) >= 11 is 5.91. The molecule has 1 aromatic heterocycles. The largest absolute Gasteiger partial charge is 0.439 e. The van der Waals surface area contributed by atoms with Crippen molar-refractivity contribution in [1.29, 1.82) is 0 Å². The summed E-state index contributed by atoms with van der Waals surface area (Å²) in [6.07, 6.45) is 0. The van der Waals surface area contributed by atoms with E-state index in [1.54, 1.807) is 40.7 Å². The zero-order chi connectivity index (χ0) is 19.7. The van der Waals surface area contributed by atoms with E-state index < -0.39 is 11.0 Å². The molecule has 6 nitrogen and oxygen atoms in total. The Kier molecular flexibility index (Phi) is 5.02. The highest BCUT2D eigenvalue weighted by molar-refractivity contribution is 7.86. The zero-order valence-corrected chi connectivity index (χ0v) is 16.5. The molecule has 28 heavy (non-hydrogen) atoms. The zero-order valence-electron chi connectivity index (χ0n) is 14.9. The fraction of sp³-hybridized carbons (Fsp3) is 0.100. The number of pyridine rings is 1. The number of carbonyl (C=O) groups excluding carboxylic acids is 1. The number of nitrogens with one attached hydrogen (secondary N) is 1. The van der Waals surface area contributed by atoms with Gasteiger partial charge in [0.05, 0.1) is 11.4 Å². The number of halogens is 1. The molecule has 1 atom stereocenters. The summed E-state index contributed by atoms with van der Waals surface area (Å²) in [6.45, 7) is 1.88. The number of amides is 1. The van der Waals surface area contributed by atoms with Gasteiger partial charge in [-0.2, -0.15) is 4.98 Å². The molecule has 0 aliphatic carbocycles. The smallest absolute Gasteiger partial charge is 0.223 e. The van der Waals surface area contributed by atoms with E-state index in [0.717, 1.165) is 10.5 Å². The lowest BCUT2D eigenvalue weighted by Crippen LogP contribution is -2.20. The number of hydrogen-bond acceptors (Lipinski definition) is 4. The summed E-state index contributed by atoms with van der Waals surface area (Å²) < 4.78 is 20.4. The average molecular weight is 414 g/mol. The van der Waals surface area contributed by atoms with Crippen LogP contribution in [0.3, 0.4) is 0 Å². The molecule has 0 saturated heterocycles. The molecule has 0 fully saturated rings. The molecule has 0 radical (unpaired) electrons. The predicted octanol–water partition coefficient (Wildman–Crippen LogP) is 4.53. The Bertz CT molecular complexity index is 1070. The molecule has 1 amide bonds. The summed E-state index contributed by atoms with van der Waals surface area (Å²) in [5.41, 5.74) is 1.49. The minimum absolute atomic E-state index is 0.222. The maximum Gasteiger partial charge on any atom is 0.223 e. The van der Waals surface area contributed by atoms with Crippen LogP contribution in [0.25, 0.3) is 0 Å². The average Bonchev–Trinajstić information content (AvgIpc) is 3.00. The van der Waals surface area contributed by atoms with Gasteiger partial charge >= 0.3 is 0 Å². The van der Waals surface area contributed by atoms with Gasteiger partial charge in [-0.15, -0.1) is 0 Å². The van der Waals surface area contributed by atoms with E-state index in [0.29, 0.717) is 28.8 Å². The Morgan fingerprint density at radius 2 is 1.93 bits per heavy atom. The van der Waals surface area contributed by atoms with Gasteiger partial charge in [-0.3, -0.25) is 9.10 Å². The Morgan fingerprint density at radius 3 is 2.64 bits per heavy atom. The Morgan fingerprint density at radius 1 is 1.18 bits per heavy atom. The molecule has 8 heteroatoms. The highest BCUT2D eigenvalue weighted by Crippen LogP contribution is 2.34. The van der Waals surface area contributed by atoms with Gasteiger partial charge in [0.1, 0.15) is 11.6 Å². The molecule has 0 spiro atoms. The first-order chi connectivity index (χ1) is 13.5. The van der Waals surface area contributed by atoms with Crippen molar-refractivity contribution in [2.24, 2.45) is 0 Å². The third kappa shape index (κ3) is 3.85. The monoisotopic (exact) mass is 413 g/mol. The van der Waals surface area contributed by atoms with Crippen molar-refractivity contribution in [1.82, 2.24) is 4.98 Å². The number of benzene rings is 2. The van der Waals surface area contributed by atoms with E-state index in [1.165, 1.54) is 6.92 Å². The lowest BCUT2D eigenvalue weighted by molar-refractivity contribution is -0.114. The van der Waals surface area contributed by atoms with Gasteiger partial charge in [-0.25, -0.2) is 4.21 Å². The van der Waals surface area contributed by atoms with Crippen LogP contribution < -0.4 is 14.4 Å². The molecule has 0 saturated carbocycles. The van der Waals surface area contributed by atoms with Crippen LogP contribution >= 0.6 is 11.6 Å². The lowest BCUT2D eigenvalue weighted by atomic mass is 10.2. The quantitative estimate of drug-likeness (QED) is 0.682. The van der Waals surface area contributed by atoms with Crippen molar-refractivity contribution in [2.75, 3.05) is 9.62 Å². The van der Waals surface area contributed by atoms with Crippen molar-refractivity contribution in [3.8, 4) is 11.6 Å². The fourth-order valence-corrected chi connectivity index (χ4v) is 4.31. The molecule has 2 aromatic carbocycles. The van der Waals surface area contributed by atoms with Crippen molar-refractivity contribution in [3.05, 3.63) is 71.2 Å². The third-order valence-corrected chi connectivity index (χ3v) is 5.82. The molecule has 4 rings (SSSR count).